The molecule has 1 heterocycles. The third kappa shape index (κ3) is 5.63. The van der Waals surface area contributed by atoms with Gasteiger partial charge in [-0.3, -0.25) is 4.90 Å². The van der Waals surface area contributed by atoms with Crippen molar-refractivity contribution in [2.75, 3.05) is 13.1 Å². The van der Waals surface area contributed by atoms with Gasteiger partial charge in [-0.25, -0.2) is 4.98 Å². The maximum absolute atomic E-state index is 4.29. The molecule has 4 nitrogen and oxygen atoms in total. The lowest BCUT2D eigenvalue weighted by Gasteiger charge is -2.30. The maximum atomic E-state index is 4.29. The van der Waals surface area contributed by atoms with E-state index >= 15 is 0 Å². The minimum Gasteiger partial charge on any atom is -0.332 e. The molecule has 0 radical (unpaired) electrons. The first-order valence-corrected chi connectivity index (χ1v) is 7.87. The number of nitrogens with zero attached hydrogens (tertiary/aromatic N) is 3. The van der Waals surface area contributed by atoms with Gasteiger partial charge in [0.05, 0.1) is 12.0 Å². The van der Waals surface area contributed by atoms with Crippen LogP contribution in [0.5, 0.6) is 0 Å². The van der Waals surface area contributed by atoms with Crippen LogP contribution < -0.4 is 5.32 Å². The van der Waals surface area contributed by atoms with Crippen molar-refractivity contribution in [3.05, 3.63) is 18.2 Å². The Kier molecular flexibility index (Phi) is 7.24. The highest BCUT2D eigenvalue weighted by Crippen LogP contribution is 2.07. The molecule has 0 amide bonds. The van der Waals surface area contributed by atoms with Crippen molar-refractivity contribution >= 4 is 0 Å². The van der Waals surface area contributed by atoms with Crippen molar-refractivity contribution in [1.29, 1.82) is 0 Å². The van der Waals surface area contributed by atoms with Crippen LogP contribution in [-0.2, 0) is 13.1 Å². The third-order valence-corrected chi connectivity index (χ3v) is 3.58. The fourth-order valence-corrected chi connectivity index (χ4v) is 2.52. The molecule has 0 aliphatic rings. The first-order chi connectivity index (χ1) is 9.41. The van der Waals surface area contributed by atoms with E-state index < -0.39 is 0 Å². The molecule has 1 aromatic rings. The summed E-state index contributed by atoms with van der Waals surface area (Å²) in [5.41, 5.74) is 1.28. The van der Waals surface area contributed by atoms with Gasteiger partial charge in [-0.2, -0.15) is 0 Å². The molecule has 4 heteroatoms. The molecule has 0 saturated heterocycles. The van der Waals surface area contributed by atoms with E-state index in [4.69, 9.17) is 0 Å². The first-order valence-electron chi connectivity index (χ1n) is 7.87. The van der Waals surface area contributed by atoms with Crippen molar-refractivity contribution < 1.29 is 0 Å². The Labute approximate surface area is 124 Å². The lowest BCUT2D eigenvalue weighted by molar-refractivity contribution is 0.167. The van der Waals surface area contributed by atoms with Crippen LogP contribution in [0.1, 0.15) is 47.2 Å². The van der Waals surface area contributed by atoms with Crippen LogP contribution >= 0.6 is 0 Å². The van der Waals surface area contributed by atoms with Crippen molar-refractivity contribution in [2.24, 2.45) is 5.92 Å². The van der Waals surface area contributed by atoms with Gasteiger partial charge in [-0.15, -0.1) is 0 Å². The molecule has 1 rings (SSSR count). The van der Waals surface area contributed by atoms with E-state index in [1.807, 2.05) is 12.5 Å². The van der Waals surface area contributed by atoms with Gasteiger partial charge in [0.2, 0.25) is 0 Å². The number of aromatic nitrogens is 2. The lowest BCUT2D eigenvalue weighted by Crippen LogP contribution is -2.39. The molecule has 116 valence electrons. The third-order valence-electron chi connectivity index (χ3n) is 3.58. The van der Waals surface area contributed by atoms with E-state index in [0.29, 0.717) is 18.0 Å². The summed E-state index contributed by atoms with van der Waals surface area (Å²) in [5.74, 6) is 0.684. The predicted octanol–water partition coefficient (Wildman–Crippen LogP) is 2.75. The Balaban J connectivity index is 2.49. The van der Waals surface area contributed by atoms with Gasteiger partial charge in [-0.1, -0.05) is 13.8 Å². The molecule has 1 aromatic heterocycles. The summed E-state index contributed by atoms with van der Waals surface area (Å²) >= 11 is 0. The van der Waals surface area contributed by atoms with Crippen LogP contribution in [0.3, 0.4) is 0 Å². The highest BCUT2D eigenvalue weighted by Gasteiger charge is 2.13. The molecule has 0 spiro atoms. The Hall–Kier alpha value is -0.870. The fraction of sp³-hybridized carbons (Fsp3) is 0.812. The topological polar surface area (TPSA) is 33.1 Å². The summed E-state index contributed by atoms with van der Waals surface area (Å²) in [5, 5.41) is 3.49. The lowest BCUT2D eigenvalue weighted by atomic mass is 10.2. The summed E-state index contributed by atoms with van der Waals surface area (Å²) < 4.78 is 2.27. The van der Waals surface area contributed by atoms with E-state index in [2.05, 4.69) is 61.3 Å². The quantitative estimate of drug-likeness (QED) is 0.755. The number of rotatable bonds is 9. The van der Waals surface area contributed by atoms with Gasteiger partial charge in [0.15, 0.2) is 0 Å². The van der Waals surface area contributed by atoms with Crippen molar-refractivity contribution in [3.8, 4) is 0 Å². The second kappa shape index (κ2) is 8.42. The summed E-state index contributed by atoms with van der Waals surface area (Å²) in [7, 11) is 0. The molecule has 0 aromatic carbocycles. The SMILES string of the molecule is CC(C)CNCc1cncn1CCN(C(C)C)C(C)C. The summed E-state index contributed by atoms with van der Waals surface area (Å²) in [6, 6.07) is 1.17. The highest BCUT2D eigenvalue weighted by atomic mass is 15.2. The van der Waals surface area contributed by atoms with E-state index in [1.165, 1.54) is 5.69 Å². The second-order valence-corrected chi connectivity index (χ2v) is 6.53. The number of nitrogens with one attached hydrogen (secondary N) is 1. The van der Waals surface area contributed by atoms with Crippen LogP contribution in [0.25, 0.3) is 0 Å². The normalized spacial score (nSPS) is 12.3. The number of hydrogen-bond acceptors (Lipinski definition) is 3. The summed E-state index contributed by atoms with van der Waals surface area (Å²) in [6.45, 7) is 17.5. The minimum absolute atomic E-state index is 0.584. The molecule has 0 fully saturated rings. The molecule has 0 saturated carbocycles. The molecule has 1 N–H and O–H groups in total. The molecule has 20 heavy (non-hydrogen) atoms. The highest BCUT2D eigenvalue weighted by molar-refractivity contribution is 4.98. The number of imidazole rings is 1. The molecule has 0 aliphatic heterocycles. The standard InChI is InChI=1S/C16H32N4/c1-13(2)9-17-10-16-11-18-12-19(16)7-8-20(14(3)4)15(5)6/h11-15,17H,7-10H2,1-6H3. The number of hydrogen-bond donors (Lipinski definition) is 1. The van der Waals surface area contributed by atoms with Gasteiger partial charge in [0.1, 0.15) is 0 Å². The summed E-state index contributed by atoms with van der Waals surface area (Å²) in [6.07, 6.45) is 3.92. The average molecular weight is 280 g/mol. The molecular formula is C16H32N4. The zero-order chi connectivity index (χ0) is 15.1. The van der Waals surface area contributed by atoms with E-state index in [0.717, 1.165) is 26.2 Å². The smallest absolute Gasteiger partial charge is 0.0949 e. The van der Waals surface area contributed by atoms with Crippen LogP contribution in [-0.4, -0.2) is 39.6 Å². The van der Waals surface area contributed by atoms with Crippen molar-refractivity contribution in [2.45, 2.75) is 66.7 Å². The van der Waals surface area contributed by atoms with Gasteiger partial charge in [0.25, 0.3) is 0 Å². The van der Waals surface area contributed by atoms with Crippen LogP contribution in [0, 0.1) is 5.92 Å². The van der Waals surface area contributed by atoms with Gasteiger partial charge in [-0.05, 0) is 40.2 Å². The Morgan fingerprint density at radius 1 is 1.15 bits per heavy atom. The second-order valence-electron chi connectivity index (χ2n) is 6.53. The maximum Gasteiger partial charge on any atom is 0.0949 e. The summed E-state index contributed by atoms with van der Waals surface area (Å²) in [4.78, 5) is 6.81. The van der Waals surface area contributed by atoms with Crippen molar-refractivity contribution in [3.63, 3.8) is 0 Å². The van der Waals surface area contributed by atoms with E-state index in [1.54, 1.807) is 0 Å². The fourth-order valence-electron chi connectivity index (χ4n) is 2.52. The van der Waals surface area contributed by atoms with Gasteiger partial charge >= 0.3 is 0 Å². The van der Waals surface area contributed by atoms with Crippen LogP contribution in [0.2, 0.25) is 0 Å². The Bertz CT molecular complexity index is 360. The zero-order valence-electron chi connectivity index (χ0n) is 14.1. The average Bonchev–Trinajstić information content (AvgIpc) is 2.75. The predicted molar refractivity (Wildman–Crippen MR) is 85.7 cm³/mol. The van der Waals surface area contributed by atoms with Gasteiger partial charge < -0.3 is 9.88 Å². The van der Waals surface area contributed by atoms with E-state index in [9.17, 15) is 0 Å². The zero-order valence-corrected chi connectivity index (χ0v) is 14.1. The van der Waals surface area contributed by atoms with Gasteiger partial charge in [0, 0.05) is 37.9 Å². The van der Waals surface area contributed by atoms with E-state index in [-0.39, 0.29) is 0 Å². The monoisotopic (exact) mass is 280 g/mol. The minimum atomic E-state index is 0.584. The molecule has 0 aliphatic carbocycles. The van der Waals surface area contributed by atoms with Crippen LogP contribution in [0.4, 0.5) is 0 Å². The first kappa shape index (κ1) is 17.2. The Morgan fingerprint density at radius 2 is 1.80 bits per heavy atom. The van der Waals surface area contributed by atoms with Crippen molar-refractivity contribution in [1.82, 2.24) is 19.8 Å². The molecule has 0 atom stereocenters. The Morgan fingerprint density at radius 3 is 2.35 bits per heavy atom. The molecule has 0 bridgehead atoms. The van der Waals surface area contributed by atoms with Crippen LogP contribution in [0.15, 0.2) is 12.5 Å². The molecule has 0 unspecified atom stereocenters. The largest absolute Gasteiger partial charge is 0.332 e. The molecular weight excluding hydrogens is 248 g/mol.